The van der Waals surface area contributed by atoms with Crippen molar-refractivity contribution in [2.45, 2.75) is 52.0 Å². The van der Waals surface area contributed by atoms with Gasteiger partial charge >= 0.3 is 0 Å². The minimum Gasteiger partial charge on any atom is -0.396 e. The lowest BCUT2D eigenvalue weighted by molar-refractivity contribution is 0.0915. The fourth-order valence-corrected chi connectivity index (χ4v) is 2.80. The third-order valence-corrected chi connectivity index (χ3v) is 4.14. The van der Waals surface area contributed by atoms with Crippen molar-refractivity contribution in [2.24, 2.45) is 5.92 Å². The van der Waals surface area contributed by atoms with Gasteiger partial charge in [0.25, 0.3) is 11.5 Å². The van der Waals surface area contributed by atoms with E-state index in [0.717, 1.165) is 36.9 Å². The van der Waals surface area contributed by atoms with Crippen LogP contribution in [0.15, 0.2) is 10.9 Å². The fourth-order valence-electron chi connectivity index (χ4n) is 2.80. The summed E-state index contributed by atoms with van der Waals surface area (Å²) in [6.45, 7) is 3.99. The number of amides is 1. The van der Waals surface area contributed by atoms with Gasteiger partial charge in [-0.25, -0.2) is 0 Å². The molecule has 1 unspecified atom stereocenters. The smallest absolute Gasteiger partial charge is 0.261 e. The fraction of sp³-hybridized carbons (Fsp3) is 0.625. The lowest BCUT2D eigenvalue weighted by Gasteiger charge is -2.22. The summed E-state index contributed by atoms with van der Waals surface area (Å²) in [5, 5.41) is 11.9. The van der Waals surface area contributed by atoms with Gasteiger partial charge in [-0.3, -0.25) is 9.59 Å². The molecule has 1 aromatic heterocycles. The van der Waals surface area contributed by atoms with Crippen LogP contribution in [0.3, 0.4) is 0 Å². The first kappa shape index (κ1) is 15.8. The first-order chi connectivity index (χ1) is 10.0. The average molecular weight is 292 g/mol. The van der Waals surface area contributed by atoms with E-state index in [4.69, 9.17) is 5.11 Å². The largest absolute Gasteiger partial charge is 0.396 e. The van der Waals surface area contributed by atoms with E-state index in [9.17, 15) is 9.59 Å². The highest BCUT2D eigenvalue weighted by Gasteiger charge is 2.21. The Morgan fingerprint density at radius 2 is 2.10 bits per heavy atom. The molecule has 1 amide bonds. The van der Waals surface area contributed by atoms with E-state index in [-0.39, 0.29) is 35.6 Å². The highest BCUT2D eigenvalue weighted by molar-refractivity contribution is 5.94. The summed E-state index contributed by atoms with van der Waals surface area (Å²) >= 11 is 0. The molecule has 3 N–H and O–H groups in total. The summed E-state index contributed by atoms with van der Waals surface area (Å²) in [6, 6.07) is 1.61. The Labute approximate surface area is 124 Å². The normalized spacial score (nSPS) is 15.6. The topological polar surface area (TPSA) is 82.2 Å². The van der Waals surface area contributed by atoms with Crippen LogP contribution < -0.4 is 10.9 Å². The number of carbonyl (C=O) groups excluding carboxylic acids is 1. The molecule has 1 aliphatic rings. The van der Waals surface area contributed by atoms with Crippen LogP contribution in [0.2, 0.25) is 0 Å². The second-order valence-corrected chi connectivity index (χ2v) is 6.06. The Morgan fingerprint density at radius 3 is 2.76 bits per heavy atom. The Bertz CT molecular complexity index is 563. The molecule has 5 heteroatoms. The molecule has 1 atom stereocenters. The minimum atomic E-state index is -0.350. The Hall–Kier alpha value is -1.62. The van der Waals surface area contributed by atoms with Crippen LogP contribution >= 0.6 is 0 Å². The van der Waals surface area contributed by atoms with Gasteiger partial charge in [0.15, 0.2) is 0 Å². The maximum Gasteiger partial charge on any atom is 0.261 e. The minimum absolute atomic E-state index is 0.0175. The van der Waals surface area contributed by atoms with Crippen LogP contribution in [0.1, 0.15) is 54.7 Å². The monoisotopic (exact) mass is 292 g/mol. The molecule has 1 aliphatic carbocycles. The van der Waals surface area contributed by atoms with Gasteiger partial charge in [-0.05, 0) is 49.7 Å². The molecule has 1 aromatic rings. The van der Waals surface area contributed by atoms with Crippen molar-refractivity contribution in [1.82, 2.24) is 10.3 Å². The van der Waals surface area contributed by atoms with Crippen molar-refractivity contribution in [3.8, 4) is 0 Å². The highest BCUT2D eigenvalue weighted by Crippen LogP contribution is 2.18. The van der Waals surface area contributed by atoms with E-state index < -0.39 is 0 Å². The molecular formula is C16H24N2O3. The zero-order valence-corrected chi connectivity index (χ0v) is 12.7. The number of hydrogen-bond acceptors (Lipinski definition) is 3. The predicted molar refractivity (Wildman–Crippen MR) is 81.5 cm³/mol. The summed E-state index contributed by atoms with van der Waals surface area (Å²) in [5.74, 6) is -0.144. The molecule has 0 bridgehead atoms. The number of aliphatic hydroxyl groups is 1. The van der Waals surface area contributed by atoms with Gasteiger partial charge in [-0.15, -0.1) is 0 Å². The second-order valence-electron chi connectivity index (χ2n) is 6.06. The molecule has 0 aromatic carbocycles. The van der Waals surface area contributed by atoms with Crippen LogP contribution in [0.25, 0.3) is 0 Å². The van der Waals surface area contributed by atoms with E-state index in [2.05, 4.69) is 10.3 Å². The number of aryl methyl sites for hydroxylation is 2. The molecule has 21 heavy (non-hydrogen) atoms. The number of aliphatic hydroxyl groups excluding tert-OH is 1. The van der Waals surface area contributed by atoms with E-state index in [1.807, 2.05) is 13.8 Å². The van der Waals surface area contributed by atoms with Gasteiger partial charge in [0.05, 0.1) is 0 Å². The maximum absolute atomic E-state index is 12.3. The zero-order valence-electron chi connectivity index (χ0n) is 12.7. The van der Waals surface area contributed by atoms with E-state index >= 15 is 0 Å². The van der Waals surface area contributed by atoms with Crippen molar-refractivity contribution >= 4 is 5.91 Å². The molecule has 2 rings (SSSR count). The van der Waals surface area contributed by atoms with Crippen LogP contribution in [-0.4, -0.2) is 28.6 Å². The molecule has 0 fully saturated rings. The molecule has 0 radical (unpaired) electrons. The van der Waals surface area contributed by atoms with Gasteiger partial charge < -0.3 is 15.4 Å². The second kappa shape index (κ2) is 6.89. The van der Waals surface area contributed by atoms with E-state index in [0.29, 0.717) is 6.42 Å². The SMILES string of the molecule is CC(C)C(CCO)NC(=O)c1cc2c([nH]c1=O)CCCC2. The molecule has 0 aliphatic heterocycles. The summed E-state index contributed by atoms with van der Waals surface area (Å²) < 4.78 is 0. The lowest BCUT2D eigenvalue weighted by atomic mass is 9.94. The van der Waals surface area contributed by atoms with Crippen molar-refractivity contribution in [3.05, 3.63) is 33.2 Å². The van der Waals surface area contributed by atoms with Gasteiger partial charge in [0.2, 0.25) is 0 Å². The van der Waals surface area contributed by atoms with Crippen molar-refractivity contribution in [1.29, 1.82) is 0 Å². The number of aromatic amines is 1. The number of aromatic nitrogens is 1. The number of fused-ring (bicyclic) bond motifs is 1. The van der Waals surface area contributed by atoms with Crippen molar-refractivity contribution in [3.63, 3.8) is 0 Å². The molecule has 0 saturated carbocycles. The lowest BCUT2D eigenvalue weighted by Crippen LogP contribution is -2.41. The van der Waals surface area contributed by atoms with Crippen LogP contribution in [0.5, 0.6) is 0 Å². The molecule has 116 valence electrons. The summed E-state index contributed by atoms with van der Waals surface area (Å²) in [7, 11) is 0. The van der Waals surface area contributed by atoms with Crippen molar-refractivity contribution < 1.29 is 9.90 Å². The van der Waals surface area contributed by atoms with Crippen molar-refractivity contribution in [2.75, 3.05) is 6.61 Å². The first-order valence-electron chi connectivity index (χ1n) is 7.69. The number of rotatable bonds is 5. The highest BCUT2D eigenvalue weighted by atomic mass is 16.3. The van der Waals surface area contributed by atoms with Gasteiger partial charge in [0.1, 0.15) is 5.56 Å². The quantitative estimate of drug-likeness (QED) is 0.767. The van der Waals surface area contributed by atoms with Gasteiger partial charge in [0, 0.05) is 18.3 Å². The molecule has 0 spiro atoms. The van der Waals surface area contributed by atoms with Crippen LogP contribution in [0, 0.1) is 5.92 Å². The van der Waals surface area contributed by atoms with Gasteiger partial charge in [-0.1, -0.05) is 13.8 Å². The van der Waals surface area contributed by atoms with E-state index in [1.54, 1.807) is 6.07 Å². The number of carbonyl (C=O) groups is 1. The van der Waals surface area contributed by atoms with Crippen LogP contribution in [0.4, 0.5) is 0 Å². The first-order valence-corrected chi connectivity index (χ1v) is 7.69. The number of pyridine rings is 1. The zero-order chi connectivity index (χ0) is 15.4. The number of H-pyrrole nitrogens is 1. The number of hydrogen-bond donors (Lipinski definition) is 3. The maximum atomic E-state index is 12.3. The van der Waals surface area contributed by atoms with Crippen LogP contribution in [-0.2, 0) is 12.8 Å². The molecular weight excluding hydrogens is 268 g/mol. The summed E-state index contributed by atoms with van der Waals surface area (Å²) in [4.78, 5) is 27.3. The third kappa shape index (κ3) is 3.73. The third-order valence-electron chi connectivity index (χ3n) is 4.14. The summed E-state index contributed by atoms with van der Waals surface area (Å²) in [6.07, 6.45) is 4.47. The standard InChI is InChI=1S/C16H24N2O3/c1-10(2)13(7-8-19)17-15(20)12-9-11-5-3-4-6-14(11)18-16(12)21/h9-10,13,19H,3-8H2,1-2H3,(H,17,20)(H,18,21). The Balaban J connectivity index is 2.20. The van der Waals surface area contributed by atoms with Gasteiger partial charge in [-0.2, -0.15) is 0 Å². The summed E-state index contributed by atoms with van der Waals surface area (Å²) in [5.41, 5.74) is 1.91. The Morgan fingerprint density at radius 1 is 1.38 bits per heavy atom. The Kier molecular flexibility index (Phi) is 5.17. The number of nitrogens with one attached hydrogen (secondary N) is 2. The molecule has 1 heterocycles. The molecule has 0 saturated heterocycles. The van der Waals surface area contributed by atoms with E-state index in [1.165, 1.54) is 0 Å². The predicted octanol–water partition coefficient (Wildman–Crippen LogP) is 1.39. The molecule has 5 nitrogen and oxygen atoms in total. The average Bonchev–Trinajstić information content (AvgIpc) is 2.45.